The largest absolute Gasteiger partial charge is 1.00 e. The molecule has 5 heteroatoms. The SMILES string of the molecule is CC(C)[NH+](CC[C@H](c1ccccc1)c1cc(CO)ccc1OC(=O)C1CCCCC1)C(C)C.[Cl-]. The van der Waals surface area contributed by atoms with E-state index in [-0.39, 0.29) is 36.8 Å². The summed E-state index contributed by atoms with van der Waals surface area (Å²) in [5, 5.41) is 9.84. The Bertz CT molecular complexity index is 870. The molecule has 3 rings (SSSR count). The minimum Gasteiger partial charge on any atom is -1.00 e. The third-order valence-corrected chi connectivity index (χ3v) is 7.19. The Hall–Kier alpha value is -1.88. The van der Waals surface area contributed by atoms with Gasteiger partial charge in [0.2, 0.25) is 0 Å². The van der Waals surface area contributed by atoms with Gasteiger partial charge in [-0.3, -0.25) is 4.79 Å². The first-order valence-electron chi connectivity index (χ1n) is 12.8. The van der Waals surface area contributed by atoms with Crippen molar-refractivity contribution >= 4 is 5.97 Å². The van der Waals surface area contributed by atoms with E-state index in [1.165, 1.54) is 12.0 Å². The molecule has 0 amide bonds. The quantitative estimate of drug-likeness (QED) is 0.397. The second kappa shape index (κ2) is 13.9. The zero-order valence-corrected chi connectivity index (χ0v) is 22.0. The highest BCUT2D eigenvalue weighted by Crippen LogP contribution is 2.36. The fraction of sp³-hybridized carbons (Fsp3) is 0.552. The molecule has 0 heterocycles. The van der Waals surface area contributed by atoms with Gasteiger partial charge in [-0.1, -0.05) is 55.7 Å². The van der Waals surface area contributed by atoms with Crippen LogP contribution in [0.4, 0.5) is 0 Å². The number of carbonyl (C=O) groups excluding carboxylic acids is 1. The highest BCUT2D eigenvalue weighted by atomic mass is 35.5. The third-order valence-electron chi connectivity index (χ3n) is 7.19. The van der Waals surface area contributed by atoms with Gasteiger partial charge in [0, 0.05) is 17.9 Å². The molecule has 2 aromatic carbocycles. The van der Waals surface area contributed by atoms with Crippen molar-refractivity contribution in [1.82, 2.24) is 0 Å². The summed E-state index contributed by atoms with van der Waals surface area (Å²) in [4.78, 5) is 14.6. The number of hydrogen-bond donors (Lipinski definition) is 2. The molecule has 0 radical (unpaired) electrons. The number of ether oxygens (including phenoxy) is 1. The predicted octanol–water partition coefficient (Wildman–Crippen LogP) is 1.89. The number of nitrogens with one attached hydrogen (secondary N) is 1. The maximum Gasteiger partial charge on any atom is 0.314 e. The van der Waals surface area contributed by atoms with Crippen LogP contribution in [0.15, 0.2) is 48.5 Å². The number of aliphatic hydroxyl groups excluding tert-OH is 1. The number of benzene rings is 2. The number of rotatable bonds is 10. The fourth-order valence-corrected chi connectivity index (χ4v) is 5.33. The Kier molecular flexibility index (Phi) is 11.6. The smallest absolute Gasteiger partial charge is 0.314 e. The normalized spacial score (nSPS) is 15.4. The summed E-state index contributed by atoms with van der Waals surface area (Å²) in [5.41, 5.74) is 3.07. The van der Waals surface area contributed by atoms with Crippen molar-refractivity contribution in [1.29, 1.82) is 0 Å². The zero-order valence-electron chi connectivity index (χ0n) is 21.2. The number of esters is 1. The molecule has 0 unspecified atom stereocenters. The van der Waals surface area contributed by atoms with Crippen LogP contribution in [0.25, 0.3) is 0 Å². The van der Waals surface area contributed by atoms with E-state index in [4.69, 9.17) is 4.74 Å². The third kappa shape index (κ3) is 7.56. The molecular formula is C29H42ClNO3. The fourth-order valence-electron chi connectivity index (χ4n) is 5.33. The monoisotopic (exact) mass is 487 g/mol. The molecule has 0 aliphatic heterocycles. The Morgan fingerprint density at radius 3 is 2.24 bits per heavy atom. The molecule has 188 valence electrons. The second-order valence-corrected chi connectivity index (χ2v) is 10.2. The van der Waals surface area contributed by atoms with Crippen molar-refractivity contribution in [3.05, 3.63) is 65.2 Å². The summed E-state index contributed by atoms with van der Waals surface area (Å²) < 4.78 is 6.06. The maximum absolute atomic E-state index is 13.0. The molecule has 1 atom stereocenters. The van der Waals surface area contributed by atoms with Gasteiger partial charge >= 0.3 is 5.97 Å². The number of quaternary nitrogens is 1. The number of halogens is 1. The lowest BCUT2D eigenvalue weighted by atomic mass is 9.86. The predicted molar refractivity (Wildman–Crippen MR) is 134 cm³/mol. The molecule has 0 spiro atoms. The lowest BCUT2D eigenvalue weighted by Gasteiger charge is -2.30. The lowest BCUT2D eigenvalue weighted by molar-refractivity contribution is -0.942. The van der Waals surface area contributed by atoms with Gasteiger partial charge in [0.05, 0.1) is 31.2 Å². The molecule has 1 aliphatic carbocycles. The Labute approximate surface area is 212 Å². The molecule has 2 N–H and O–H groups in total. The van der Waals surface area contributed by atoms with E-state index < -0.39 is 0 Å². The van der Waals surface area contributed by atoms with E-state index in [2.05, 4.69) is 52.0 Å². The van der Waals surface area contributed by atoms with Gasteiger partial charge in [0.25, 0.3) is 0 Å². The number of carbonyl (C=O) groups is 1. The summed E-state index contributed by atoms with van der Waals surface area (Å²) in [6.07, 6.45) is 6.20. The van der Waals surface area contributed by atoms with Crippen LogP contribution in [-0.4, -0.2) is 29.7 Å². The Balaban J connectivity index is 0.00000408. The van der Waals surface area contributed by atoms with Gasteiger partial charge in [0.15, 0.2) is 0 Å². The molecule has 1 saturated carbocycles. The topological polar surface area (TPSA) is 51.0 Å². The van der Waals surface area contributed by atoms with Gasteiger partial charge in [0.1, 0.15) is 5.75 Å². The summed E-state index contributed by atoms with van der Waals surface area (Å²) in [6, 6.07) is 17.4. The molecule has 4 nitrogen and oxygen atoms in total. The number of aliphatic hydroxyl groups is 1. The standard InChI is InChI=1S/C29H41NO3.ClH/c1-21(2)30(22(3)4)18-17-26(24-11-7-5-8-12-24)27-19-23(20-31)15-16-28(27)33-29(32)25-13-9-6-10-14-25;/h5,7-8,11-12,15-16,19,21-22,25-26,31H,6,9-10,13-14,17-18,20H2,1-4H3;1H/t26-;/m1./s1. The van der Waals surface area contributed by atoms with Crippen molar-refractivity contribution in [3.8, 4) is 5.75 Å². The molecule has 1 aliphatic rings. The summed E-state index contributed by atoms with van der Waals surface area (Å²) in [6.45, 7) is 10.1. The lowest BCUT2D eigenvalue weighted by Crippen LogP contribution is -3.17. The molecule has 34 heavy (non-hydrogen) atoms. The average Bonchev–Trinajstić information content (AvgIpc) is 2.83. The van der Waals surface area contributed by atoms with Crippen LogP contribution in [0.5, 0.6) is 5.75 Å². The molecular weight excluding hydrogens is 446 g/mol. The molecule has 1 fully saturated rings. The van der Waals surface area contributed by atoms with Gasteiger partial charge in [-0.2, -0.15) is 0 Å². The summed E-state index contributed by atoms with van der Waals surface area (Å²) >= 11 is 0. The van der Waals surface area contributed by atoms with Gasteiger partial charge in [-0.15, -0.1) is 0 Å². The second-order valence-electron chi connectivity index (χ2n) is 10.2. The first-order valence-corrected chi connectivity index (χ1v) is 12.8. The van der Waals surface area contributed by atoms with Crippen molar-refractivity contribution in [3.63, 3.8) is 0 Å². The van der Waals surface area contributed by atoms with Crippen LogP contribution < -0.4 is 22.0 Å². The van der Waals surface area contributed by atoms with Crippen LogP contribution >= 0.6 is 0 Å². The van der Waals surface area contributed by atoms with E-state index in [0.717, 1.165) is 49.8 Å². The van der Waals surface area contributed by atoms with Crippen molar-refractivity contribution in [2.75, 3.05) is 6.54 Å². The Morgan fingerprint density at radius 1 is 1.00 bits per heavy atom. The minimum absolute atomic E-state index is 0. The van der Waals surface area contributed by atoms with E-state index >= 15 is 0 Å². The highest BCUT2D eigenvalue weighted by Gasteiger charge is 2.27. The van der Waals surface area contributed by atoms with E-state index in [1.807, 2.05) is 24.3 Å². The number of hydrogen-bond acceptors (Lipinski definition) is 3. The van der Waals surface area contributed by atoms with Crippen LogP contribution in [0.2, 0.25) is 0 Å². The van der Waals surface area contributed by atoms with Crippen molar-refractivity contribution < 1.29 is 31.9 Å². The molecule has 2 aromatic rings. The van der Waals surface area contributed by atoms with E-state index in [9.17, 15) is 9.90 Å². The van der Waals surface area contributed by atoms with Gasteiger partial charge in [-0.05, 0) is 63.8 Å². The van der Waals surface area contributed by atoms with Gasteiger partial charge in [-0.25, -0.2) is 0 Å². The minimum atomic E-state index is -0.101. The summed E-state index contributed by atoms with van der Waals surface area (Å²) in [7, 11) is 0. The molecule has 0 saturated heterocycles. The van der Waals surface area contributed by atoms with Gasteiger partial charge < -0.3 is 27.2 Å². The van der Waals surface area contributed by atoms with Crippen molar-refractivity contribution in [2.24, 2.45) is 5.92 Å². The van der Waals surface area contributed by atoms with E-state index in [1.54, 1.807) is 4.90 Å². The first kappa shape index (κ1) is 28.4. The maximum atomic E-state index is 13.0. The first-order chi connectivity index (χ1) is 15.9. The summed E-state index contributed by atoms with van der Waals surface area (Å²) in [5.74, 6) is 0.642. The van der Waals surface area contributed by atoms with Crippen LogP contribution in [-0.2, 0) is 11.4 Å². The molecule has 0 bridgehead atoms. The van der Waals surface area contributed by atoms with Crippen LogP contribution in [0, 0.1) is 5.92 Å². The van der Waals surface area contributed by atoms with E-state index in [0.29, 0.717) is 17.8 Å². The van der Waals surface area contributed by atoms with Crippen LogP contribution in [0.3, 0.4) is 0 Å². The average molecular weight is 488 g/mol. The zero-order chi connectivity index (χ0) is 23.8. The highest BCUT2D eigenvalue weighted by molar-refractivity contribution is 5.75. The Morgan fingerprint density at radius 2 is 1.65 bits per heavy atom. The van der Waals surface area contributed by atoms with Crippen LogP contribution in [0.1, 0.15) is 88.8 Å². The van der Waals surface area contributed by atoms with Crippen molar-refractivity contribution in [2.45, 2.75) is 90.8 Å². The molecule has 0 aromatic heterocycles.